The van der Waals surface area contributed by atoms with E-state index in [-0.39, 0.29) is 0 Å². The van der Waals surface area contributed by atoms with E-state index in [2.05, 4.69) is 36.7 Å². The maximum atomic E-state index is 3.62. The Kier molecular flexibility index (Phi) is 3.02. The van der Waals surface area contributed by atoms with Gasteiger partial charge in [-0.15, -0.1) is 0 Å². The summed E-state index contributed by atoms with van der Waals surface area (Å²) < 4.78 is 0. The van der Waals surface area contributed by atoms with Crippen molar-refractivity contribution in [2.24, 2.45) is 17.3 Å². The second-order valence-electron chi connectivity index (χ2n) is 4.53. The molecule has 0 radical (unpaired) electrons. The molecule has 0 aliphatic heterocycles. The number of hydrogen-bond acceptors (Lipinski definition) is 0. The van der Waals surface area contributed by atoms with Crippen LogP contribution >= 0.6 is 15.9 Å². The first-order valence-electron chi connectivity index (χ1n) is 4.67. The lowest BCUT2D eigenvalue weighted by atomic mass is 9.95. The zero-order chi connectivity index (χ0) is 8.48. The predicted octanol–water partition coefficient (Wildman–Crippen LogP) is 3.84. The molecule has 0 nitrogen and oxygen atoms in total. The van der Waals surface area contributed by atoms with Crippen LogP contribution in [-0.2, 0) is 0 Å². The highest BCUT2D eigenvalue weighted by molar-refractivity contribution is 9.09. The maximum absolute atomic E-state index is 3.62. The van der Waals surface area contributed by atoms with Gasteiger partial charge in [0.15, 0.2) is 0 Å². The third kappa shape index (κ3) is 2.21. The fourth-order valence-electron chi connectivity index (χ4n) is 1.73. The van der Waals surface area contributed by atoms with Crippen LogP contribution in [-0.4, -0.2) is 5.33 Å². The van der Waals surface area contributed by atoms with Crippen molar-refractivity contribution in [3.63, 3.8) is 0 Å². The smallest absolute Gasteiger partial charge is 0.00906 e. The van der Waals surface area contributed by atoms with Gasteiger partial charge in [0.2, 0.25) is 0 Å². The molecule has 2 atom stereocenters. The van der Waals surface area contributed by atoms with Crippen LogP contribution in [0.4, 0.5) is 0 Å². The van der Waals surface area contributed by atoms with E-state index in [1.807, 2.05) is 0 Å². The molecule has 0 saturated heterocycles. The van der Waals surface area contributed by atoms with E-state index >= 15 is 0 Å². The van der Waals surface area contributed by atoms with E-state index < -0.39 is 0 Å². The summed E-state index contributed by atoms with van der Waals surface area (Å²) in [7, 11) is 0. The summed E-state index contributed by atoms with van der Waals surface area (Å²) in [5.74, 6) is 1.85. The molecule has 0 amide bonds. The van der Waals surface area contributed by atoms with Gasteiger partial charge in [0.05, 0.1) is 0 Å². The lowest BCUT2D eigenvalue weighted by Crippen LogP contribution is -2.06. The molecule has 66 valence electrons. The Balaban J connectivity index is 2.24. The highest BCUT2D eigenvalue weighted by Gasteiger charge is 2.49. The number of halogens is 1. The van der Waals surface area contributed by atoms with E-state index in [1.54, 1.807) is 0 Å². The van der Waals surface area contributed by atoms with E-state index in [1.165, 1.54) is 24.6 Å². The van der Waals surface area contributed by atoms with Crippen molar-refractivity contribution in [2.45, 2.75) is 40.0 Å². The van der Waals surface area contributed by atoms with Crippen LogP contribution in [0.3, 0.4) is 0 Å². The number of alkyl halides is 1. The molecule has 1 fully saturated rings. The van der Waals surface area contributed by atoms with Gasteiger partial charge in [0, 0.05) is 5.33 Å². The first-order valence-corrected chi connectivity index (χ1v) is 5.79. The SMILES string of the molecule is CC(C)CCC1(CBr)CC1C. The minimum absolute atomic E-state index is 0.699. The second-order valence-corrected chi connectivity index (χ2v) is 5.09. The minimum atomic E-state index is 0.699. The molecule has 2 unspecified atom stereocenters. The van der Waals surface area contributed by atoms with Gasteiger partial charge in [-0.05, 0) is 30.1 Å². The lowest BCUT2D eigenvalue weighted by molar-refractivity contribution is 0.419. The van der Waals surface area contributed by atoms with Crippen molar-refractivity contribution in [1.29, 1.82) is 0 Å². The third-order valence-electron chi connectivity index (χ3n) is 3.08. The summed E-state index contributed by atoms with van der Waals surface area (Å²) in [4.78, 5) is 0. The summed E-state index contributed by atoms with van der Waals surface area (Å²) in [6.45, 7) is 7.01. The van der Waals surface area contributed by atoms with Crippen LogP contribution in [0.2, 0.25) is 0 Å². The summed E-state index contributed by atoms with van der Waals surface area (Å²) in [6, 6.07) is 0. The molecule has 0 spiro atoms. The van der Waals surface area contributed by atoms with Gasteiger partial charge < -0.3 is 0 Å². The average molecular weight is 219 g/mol. The Bertz CT molecular complexity index is 127. The molecule has 0 aromatic rings. The molecule has 0 heterocycles. The molecule has 0 N–H and O–H groups in total. The van der Waals surface area contributed by atoms with E-state index in [4.69, 9.17) is 0 Å². The molecule has 1 aliphatic carbocycles. The largest absolute Gasteiger partial charge is 0.0922 e. The monoisotopic (exact) mass is 218 g/mol. The molecule has 0 aromatic heterocycles. The van der Waals surface area contributed by atoms with Gasteiger partial charge in [-0.3, -0.25) is 0 Å². The van der Waals surface area contributed by atoms with Crippen molar-refractivity contribution < 1.29 is 0 Å². The Morgan fingerprint density at radius 3 is 2.36 bits per heavy atom. The Labute approximate surface area is 78.9 Å². The lowest BCUT2D eigenvalue weighted by Gasteiger charge is -2.13. The molecular weight excluding hydrogens is 200 g/mol. The summed E-state index contributed by atoms with van der Waals surface area (Å²) in [6.07, 6.45) is 4.28. The first-order chi connectivity index (χ1) is 5.10. The van der Waals surface area contributed by atoms with Gasteiger partial charge in [-0.25, -0.2) is 0 Å². The van der Waals surface area contributed by atoms with Crippen molar-refractivity contribution in [1.82, 2.24) is 0 Å². The highest BCUT2D eigenvalue weighted by Crippen LogP contribution is 2.56. The van der Waals surface area contributed by atoms with Crippen LogP contribution in [0.5, 0.6) is 0 Å². The van der Waals surface area contributed by atoms with Crippen LogP contribution in [0.1, 0.15) is 40.0 Å². The summed E-state index contributed by atoms with van der Waals surface area (Å²) in [5.41, 5.74) is 0.699. The quantitative estimate of drug-likeness (QED) is 0.630. The Morgan fingerprint density at radius 2 is 2.09 bits per heavy atom. The van der Waals surface area contributed by atoms with Crippen molar-refractivity contribution in [3.8, 4) is 0 Å². The third-order valence-corrected chi connectivity index (χ3v) is 4.20. The second kappa shape index (κ2) is 3.47. The topological polar surface area (TPSA) is 0 Å². The molecule has 0 aromatic carbocycles. The zero-order valence-corrected chi connectivity index (χ0v) is 9.45. The average Bonchev–Trinajstić information content (AvgIpc) is 2.59. The number of hydrogen-bond donors (Lipinski definition) is 0. The Morgan fingerprint density at radius 1 is 1.55 bits per heavy atom. The maximum Gasteiger partial charge on any atom is 0.00906 e. The summed E-state index contributed by atoms with van der Waals surface area (Å²) in [5, 5.41) is 1.22. The van der Waals surface area contributed by atoms with Gasteiger partial charge in [-0.2, -0.15) is 0 Å². The summed E-state index contributed by atoms with van der Waals surface area (Å²) >= 11 is 3.62. The van der Waals surface area contributed by atoms with E-state index in [0.29, 0.717) is 5.41 Å². The standard InChI is InChI=1S/C10H19Br/c1-8(2)4-5-10(7-11)6-9(10)3/h8-9H,4-7H2,1-3H3. The van der Waals surface area contributed by atoms with Gasteiger partial charge in [0.25, 0.3) is 0 Å². The van der Waals surface area contributed by atoms with Crippen LogP contribution in [0.25, 0.3) is 0 Å². The molecular formula is C10H19Br. The van der Waals surface area contributed by atoms with Crippen molar-refractivity contribution >= 4 is 15.9 Å². The Hall–Kier alpha value is 0.480. The van der Waals surface area contributed by atoms with Crippen LogP contribution < -0.4 is 0 Å². The molecule has 11 heavy (non-hydrogen) atoms. The van der Waals surface area contributed by atoms with Crippen LogP contribution in [0, 0.1) is 17.3 Å². The molecule has 1 heteroatoms. The highest BCUT2D eigenvalue weighted by atomic mass is 79.9. The van der Waals surface area contributed by atoms with Gasteiger partial charge >= 0.3 is 0 Å². The first kappa shape index (κ1) is 9.57. The fourth-order valence-corrected chi connectivity index (χ4v) is 2.79. The molecule has 0 bridgehead atoms. The minimum Gasteiger partial charge on any atom is -0.0922 e. The van der Waals surface area contributed by atoms with Crippen LogP contribution in [0.15, 0.2) is 0 Å². The fraction of sp³-hybridized carbons (Fsp3) is 1.00. The van der Waals surface area contributed by atoms with Gasteiger partial charge in [0.1, 0.15) is 0 Å². The van der Waals surface area contributed by atoms with E-state index in [9.17, 15) is 0 Å². The zero-order valence-electron chi connectivity index (χ0n) is 7.86. The molecule has 1 saturated carbocycles. The van der Waals surface area contributed by atoms with Crippen molar-refractivity contribution in [2.75, 3.05) is 5.33 Å². The number of rotatable bonds is 4. The van der Waals surface area contributed by atoms with Crippen molar-refractivity contribution in [3.05, 3.63) is 0 Å². The molecule has 1 rings (SSSR count). The molecule has 1 aliphatic rings. The van der Waals surface area contributed by atoms with Gasteiger partial charge in [-0.1, -0.05) is 43.1 Å². The predicted molar refractivity (Wildman–Crippen MR) is 54.1 cm³/mol. The normalized spacial score (nSPS) is 36.3. The van der Waals surface area contributed by atoms with E-state index in [0.717, 1.165) is 11.8 Å².